The fourth-order valence-electron chi connectivity index (χ4n) is 2.09. The molecule has 17 heavy (non-hydrogen) atoms. The smallest absolute Gasteiger partial charge is 0.254 e. The molecular formula is C14H16N2O. The normalized spacial score (nSPS) is 14.2. The van der Waals surface area contributed by atoms with E-state index in [0.29, 0.717) is 5.56 Å². The highest BCUT2D eigenvalue weighted by Gasteiger charge is 2.32. The predicted molar refractivity (Wildman–Crippen MR) is 65.6 cm³/mol. The zero-order valence-corrected chi connectivity index (χ0v) is 10.2. The lowest BCUT2D eigenvalue weighted by molar-refractivity contribution is 0.0764. The van der Waals surface area contributed by atoms with Crippen molar-refractivity contribution in [1.29, 1.82) is 5.26 Å². The van der Waals surface area contributed by atoms with Crippen LogP contribution in [0.3, 0.4) is 0 Å². The highest BCUT2D eigenvalue weighted by molar-refractivity contribution is 5.95. The number of carbonyl (C=O) groups excluding carboxylic acids is 1. The molecule has 88 valence electrons. The van der Waals surface area contributed by atoms with Crippen LogP contribution in [-0.2, 0) is 0 Å². The van der Waals surface area contributed by atoms with Gasteiger partial charge in [-0.25, -0.2) is 0 Å². The Morgan fingerprint density at radius 1 is 1.35 bits per heavy atom. The van der Waals surface area contributed by atoms with E-state index in [4.69, 9.17) is 5.26 Å². The lowest BCUT2D eigenvalue weighted by Gasteiger charge is -2.19. The first-order valence-corrected chi connectivity index (χ1v) is 5.88. The minimum Gasteiger partial charge on any atom is -0.322 e. The number of nitrogens with zero attached hydrogens (tertiary/aromatic N) is 2. The summed E-state index contributed by atoms with van der Waals surface area (Å²) >= 11 is 0. The van der Waals surface area contributed by atoms with Crippen LogP contribution in [0.4, 0.5) is 0 Å². The third-order valence-corrected chi connectivity index (χ3v) is 2.96. The quantitative estimate of drug-likeness (QED) is 0.746. The van der Waals surface area contributed by atoms with Gasteiger partial charge in [-0.05, 0) is 38.8 Å². The molecule has 0 aliphatic heterocycles. The number of aryl methyl sites for hydroxylation is 2. The van der Waals surface area contributed by atoms with Crippen molar-refractivity contribution in [2.75, 3.05) is 6.54 Å². The Bertz CT molecular complexity index is 463. The summed E-state index contributed by atoms with van der Waals surface area (Å²) < 4.78 is 0. The molecule has 0 unspecified atom stereocenters. The van der Waals surface area contributed by atoms with Gasteiger partial charge in [0.05, 0.1) is 6.07 Å². The molecule has 0 aromatic heterocycles. The van der Waals surface area contributed by atoms with Crippen LogP contribution in [0.5, 0.6) is 0 Å². The predicted octanol–water partition coefficient (Wildman–Crippen LogP) is 2.43. The second-order valence-corrected chi connectivity index (χ2v) is 4.70. The maximum absolute atomic E-state index is 12.3. The largest absolute Gasteiger partial charge is 0.322 e. The third-order valence-electron chi connectivity index (χ3n) is 2.96. The molecule has 0 spiro atoms. The third kappa shape index (κ3) is 2.65. The standard InChI is InChI=1S/C14H16N2O/c1-10-7-11(2)9-12(8-10)14(17)16(6-5-15)13-3-4-13/h7-9,13H,3-4,6H2,1-2H3. The molecule has 0 saturated heterocycles. The van der Waals surface area contributed by atoms with Crippen molar-refractivity contribution in [3.8, 4) is 6.07 Å². The first-order chi connectivity index (χ1) is 8.11. The number of rotatable bonds is 3. The molecule has 0 heterocycles. The molecule has 1 saturated carbocycles. The van der Waals surface area contributed by atoms with E-state index in [-0.39, 0.29) is 18.5 Å². The van der Waals surface area contributed by atoms with E-state index in [1.54, 1.807) is 4.90 Å². The summed E-state index contributed by atoms with van der Waals surface area (Å²) in [6, 6.07) is 8.18. The number of nitriles is 1. The van der Waals surface area contributed by atoms with Gasteiger partial charge in [-0.3, -0.25) is 4.79 Å². The van der Waals surface area contributed by atoms with Crippen LogP contribution in [0.1, 0.15) is 34.3 Å². The Labute approximate surface area is 102 Å². The summed E-state index contributed by atoms with van der Waals surface area (Å²) in [5, 5.41) is 8.77. The van der Waals surface area contributed by atoms with E-state index in [1.807, 2.05) is 32.0 Å². The molecule has 0 N–H and O–H groups in total. The van der Waals surface area contributed by atoms with Crippen LogP contribution in [0.15, 0.2) is 18.2 Å². The molecule has 1 aromatic rings. The number of hydrogen-bond donors (Lipinski definition) is 0. The molecule has 0 bridgehead atoms. The highest BCUT2D eigenvalue weighted by atomic mass is 16.2. The lowest BCUT2D eigenvalue weighted by atomic mass is 10.1. The SMILES string of the molecule is Cc1cc(C)cc(C(=O)N(CC#N)C2CC2)c1. The minimum absolute atomic E-state index is 0.0131. The molecule has 1 aliphatic carbocycles. The van der Waals surface area contributed by atoms with E-state index < -0.39 is 0 Å². The van der Waals surface area contributed by atoms with Crippen LogP contribution in [-0.4, -0.2) is 23.4 Å². The molecule has 1 fully saturated rings. The second kappa shape index (κ2) is 4.58. The first-order valence-electron chi connectivity index (χ1n) is 5.88. The molecular weight excluding hydrogens is 212 g/mol. The Morgan fingerprint density at radius 2 is 1.94 bits per heavy atom. The maximum Gasteiger partial charge on any atom is 0.254 e. The maximum atomic E-state index is 12.3. The Hall–Kier alpha value is -1.82. The van der Waals surface area contributed by atoms with Gasteiger partial charge in [0.15, 0.2) is 0 Å². The number of benzene rings is 1. The van der Waals surface area contributed by atoms with Gasteiger partial charge in [-0.15, -0.1) is 0 Å². The van der Waals surface area contributed by atoms with Crippen molar-refractivity contribution in [2.45, 2.75) is 32.7 Å². The molecule has 1 amide bonds. The van der Waals surface area contributed by atoms with Crippen molar-refractivity contribution in [3.63, 3.8) is 0 Å². The summed E-state index contributed by atoms with van der Waals surface area (Å²) in [6.45, 7) is 4.15. The van der Waals surface area contributed by atoms with Gasteiger partial charge in [-0.2, -0.15) is 5.26 Å². The summed E-state index contributed by atoms with van der Waals surface area (Å²) in [5.41, 5.74) is 2.87. The van der Waals surface area contributed by atoms with Crippen molar-refractivity contribution >= 4 is 5.91 Å². The molecule has 0 radical (unpaired) electrons. The van der Waals surface area contributed by atoms with E-state index in [2.05, 4.69) is 6.07 Å². The molecule has 3 nitrogen and oxygen atoms in total. The van der Waals surface area contributed by atoms with Crippen LogP contribution >= 0.6 is 0 Å². The van der Waals surface area contributed by atoms with Gasteiger partial charge in [0, 0.05) is 11.6 Å². The summed E-state index contributed by atoms with van der Waals surface area (Å²) in [6.07, 6.45) is 2.05. The summed E-state index contributed by atoms with van der Waals surface area (Å²) in [7, 11) is 0. The van der Waals surface area contributed by atoms with Gasteiger partial charge in [0.25, 0.3) is 5.91 Å². The first kappa shape index (κ1) is 11.7. The van der Waals surface area contributed by atoms with E-state index >= 15 is 0 Å². The summed E-state index contributed by atoms with van der Waals surface area (Å²) in [5.74, 6) is -0.0131. The van der Waals surface area contributed by atoms with Gasteiger partial charge in [-0.1, -0.05) is 17.2 Å². The van der Waals surface area contributed by atoms with Crippen LogP contribution < -0.4 is 0 Å². The monoisotopic (exact) mass is 228 g/mol. The average molecular weight is 228 g/mol. The fraction of sp³-hybridized carbons (Fsp3) is 0.429. The average Bonchev–Trinajstić information content (AvgIpc) is 3.07. The zero-order chi connectivity index (χ0) is 12.4. The molecule has 1 aliphatic rings. The van der Waals surface area contributed by atoms with Gasteiger partial charge < -0.3 is 4.90 Å². The fourth-order valence-corrected chi connectivity index (χ4v) is 2.09. The molecule has 1 aromatic carbocycles. The Kier molecular flexibility index (Phi) is 3.14. The van der Waals surface area contributed by atoms with Crippen molar-refractivity contribution in [2.24, 2.45) is 0 Å². The van der Waals surface area contributed by atoms with E-state index in [1.165, 1.54) is 0 Å². The van der Waals surface area contributed by atoms with E-state index in [9.17, 15) is 4.79 Å². The Morgan fingerprint density at radius 3 is 2.41 bits per heavy atom. The van der Waals surface area contributed by atoms with Crippen LogP contribution in [0.2, 0.25) is 0 Å². The van der Waals surface area contributed by atoms with Crippen molar-refractivity contribution in [3.05, 3.63) is 34.9 Å². The van der Waals surface area contributed by atoms with E-state index in [0.717, 1.165) is 24.0 Å². The van der Waals surface area contributed by atoms with Crippen molar-refractivity contribution < 1.29 is 4.79 Å². The van der Waals surface area contributed by atoms with Gasteiger partial charge >= 0.3 is 0 Å². The van der Waals surface area contributed by atoms with Crippen molar-refractivity contribution in [1.82, 2.24) is 4.90 Å². The van der Waals surface area contributed by atoms with Crippen LogP contribution in [0, 0.1) is 25.2 Å². The lowest BCUT2D eigenvalue weighted by Crippen LogP contribution is -2.33. The number of amides is 1. The molecule has 3 heteroatoms. The minimum atomic E-state index is -0.0131. The highest BCUT2D eigenvalue weighted by Crippen LogP contribution is 2.28. The topological polar surface area (TPSA) is 44.1 Å². The molecule has 0 atom stereocenters. The van der Waals surface area contributed by atoms with Gasteiger partial charge in [0.2, 0.25) is 0 Å². The zero-order valence-electron chi connectivity index (χ0n) is 10.2. The number of carbonyl (C=O) groups is 1. The Balaban J connectivity index is 2.25. The summed E-state index contributed by atoms with van der Waals surface area (Å²) in [4.78, 5) is 14.0. The van der Waals surface area contributed by atoms with Crippen LogP contribution in [0.25, 0.3) is 0 Å². The second-order valence-electron chi connectivity index (χ2n) is 4.70. The number of hydrogen-bond acceptors (Lipinski definition) is 2. The van der Waals surface area contributed by atoms with Gasteiger partial charge in [0.1, 0.15) is 6.54 Å². The molecule has 2 rings (SSSR count).